The Balaban J connectivity index is 0.000000640. The molecule has 2 nitrogen and oxygen atoms in total. The Bertz CT molecular complexity index is 167. The van der Waals surface area contributed by atoms with Crippen LogP contribution in [-0.2, 0) is 0 Å². The van der Waals surface area contributed by atoms with E-state index < -0.39 is 0 Å². The molecule has 1 aromatic rings. The van der Waals surface area contributed by atoms with E-state index in [2.05, 4.69) is 4.98 Å². The van der Waals surface area contributed by atoms with Crippen LogP contribution in [0.4, 0.5) is 5.69 Å². The number of rotatable bonds is 0. The highest BCUT2D eigenvalue weighted by Crippen LogP contribution is 2.04. The Labute approximate surface area is 60.5 Å². The number of aryl methyl sites for hydroxylation is 1. The van der Waals surface area contributed by atoms with Gasteiger partial charge in [0.25, 0.3) is 0 Å². The molecular weight excluding hydrogens is 136 g/mol. The van der Waals surface area contributed by atoms with Gasteiger partial charge in [-0.15, -0.1) is 12.4 Å². The Morgan fingerprint density at radius 1 is 1.56 bits per heavy atom. The summed E-state index contributed by atoms with van der Waals surface area (Å²) in [6.45, 7) is 1.93. The fraction of sp³-hybridized carbons (Fsp3) is 0.167. The lowest BCUT2D eigenvalue weighted by molar-refractivity contribution is 1.27. The third kappa shape index (κ3) is 1.90. The van der Waals surface area contributed by atoms with Crippen molar-refractivity contribution in [2.75, 3.05) is 5.73 Å². The number of halogens is 1. The fourth-order valence-electron chi connectivity index (χ4n) is 0.484. The largest absolute Gasteiger partial charge is 0.398 e. The third-order valence-electron chi connectivity index (χ3n) is 1.06. The molecule has 0 radical (unpaired) electrons. The zero-order chi connectivity index (χ0) is 5.98. The molecule has 0 unspecified atom stereocenters. The molecule has 1 rings (SSSR count). The van der Waals surface area contributed by atoms with Crippen LogP contribution in [0.3, 0.4) is 0 Å². The molecule has 0 fully saturated rings. The van der Waals surface area contributed by atoms with Gasteiger partial charge < -0.3 is 5.73 Å². The Morgan fingerprint density at radius 3 is 2.56 bits per heavy atom. The SMILES string of the molecule is Cc1cnccc1N.Cl. The van der Waals surface area contributed by atoms with E-state index in [4.69, 9.17) is 5.73 Å². The molecule has 2 N–H and O–H groups in total. The number of nitrogens with zero attached hydrogens (tertiary/aromatic N) is 1. The van der Waals surface area contributed by atoms with Crippen molar-refractivity contribution >= 4 is 18.1 Å². The number of pyridine rings is 1. The quantitative estimate of drug-likeness (QED) is 0.598. The van der Waals surface area contributed by atoms with Crippen molar-refractivity contribution < 1.29 is 0 Å². The molecule has 0 atom stereocenters. The van der Waals surface area contributed by atoms with Crippen LogP contribution in [0.15, 0.2) is 18.5 Å². The van der Waals surface area contributed by atoms with Crippen molar-refractivity contribution in [2.45, 2.75) is 6.92 Å². The molecule has 0 bridgehead atoms. The molecule has 1 heterocycles. The summed E-state index contributed by atoms with van der Waals surface area (Å²) in [7, 11) is 0. The molecule has 0 aliphatic heterocycles. The number of nitrogen functional groups attached to an aromatic ring is 1. The average Bonchev–Trinajstić information content (AvgIpc) is 1.77. The summed E-state index contributed by atoms with van der Waals surface area (Å²) >= 11 is 0. The van der Waals surface area contributed by atoms with Crippen LogP contribution in [0.2, 0.25) is 0 Å². The maximum absolute atomic E-state index is 5.48. The number of hydrogen-bond acceptors (Lipinski definition) is 2. The predicted molar refractivity (Wildman–Crippen MR) is 40.6 cm³/mol. The fourth-order valence-corrected chi connectivity index (χ4v) is 0.484. The zero-order valence-electron chi connectivity index (χ0n) is 5.16. The Hall–Kier alpha value is -0.760. The lowest BCUT2D eigenvalue weighted by Gasteiger charge is -1.93. The van der Waals surface area contributed by atoms with Gasteiger partial charge in [-0.2, -0.15) is 0 Å². The molecular formula is C6H9ClN2. The first-order chi connectivity index (χ1) is 3.80. The van der Waals surface area contributed by atoms with Gasteiger partial charge in [0.15, 0.2) is 0 Å². The Morgan fingerprint density at radius 2 is 2.22 bits per heavy atom. The summed E-state index contributed by atoms with van der Waals surface area (Å²) in [6, 6.07) is 1.79. The van der Waals surface area contributed by atoms with Crippen molar-refractivity contribution in [3.05, 3.63) is 24.0 Å². The molecule has 0 aromatic carbocycles. The molecule has 0 saturated heterocycles. The highest BCUT2D eigenvalue weighted by atomic mass is 35.5. The van der Waals surface area contributed by atoms with Crippen molar-refractivity contribution in [2.24, 2.45) is 0 Å². The highest BCUT2D eigenvalue weighted by Gasteiger charge is 1.85. The Kier molecular flexibility index (Phi) is 3.02. The van der Waals surface area contributed by atoms with E-state index in [1.165, 1.54) is 0 Å². The molecule has 50 valence electrons. The number of aromatic nitrogens is 1. The number of nitrogens with two attached hydrogens (primary N) is 1. The second-order valence-electron chi connectivity index (χ2n) is 1.73. The van der Waals surface area contributed by atoms with E-state index in [0.29, 0.717) is 0 Å². The minimum absolute atomic E-state index is 0. The van der Waals surface area contributed by atoms with Gasteiger partial charge in [0.05, 0.1) is 0 Å². The molecule has 0 aliphatic rings. The van der Waals surface area contributed by atoms with Gasteiger partial charge in [0.1, 0.15) is 0 Å². The van der Waals surface area contributed by atoms with Crippen LogP contribution in [0.5, 0.6) is 0 Å². The van der Waals surface area contributed by atoms with Gasteiger partial charge in [0.2, 0.25) is 0 Å². The summed E-state index contributed by atoms with van der Waals surface area (Å²) in [6.07, 6.45) is 3.43. The van der Waals surface area contributed by atoms with Crippen molar-refractivity contribution in [3.8, 4) is 0 Å². The standard InChI is InChI=1S/C6H8N2.ClH/c1-5-4-8-3-2-6(5)7;/h2-4H,1H3,(H2,7,8);1H. The van der Waals surface area contributed by atoms with Crippen LogP contribution >= 0.6 is 12.4 Å². The maximum Gasteiger partial charge on any atom is 0.0374 e. The van der Waals surface area contributed by atoms with Crippen molar-refractivity contribution in [1.82, 2.24) is 4.98 Å². The van der Waals surface area contributed by atoms with Gasteiger partial charge in [-0.1, -0.05) is 0 Å². The van der Waals surface area contributed by atoms with E-state index in [1.54, 1.807) is 18.5 Å². The molecule has 0 aliphatic carbocycles. The summed E-state index contributed by atoms with van der Waals surface area (Å²) in [5.74, 6) is 0. The molecule has 0 spiro atoms. The molecule has 3 heteroatoms. The first-order valence-corrected chi connectivity index (χ1v) is 2.47. The van der Waals surface area contributed by atoms with Gasteiger partial charge in [-0.3, -0.25) is 4.98 Å². The van der Waals surface area contributed by atoms with Crippen LogP contribution in [0.25, 0.3) is 0 Å². The van der Waals surface area contributed by atoms with E-state index in [9.17, 15) is 0 Å². The van der Waals surface area contributed by atoms with E-state index in [0.717, 1.165) is 11.3 Å². The summed E-state index contributed by atoms with van der Waals surface area (Å²) in [5.41, 5.74) is 7.32. The highest BCUT2D eigenvalue weighted by molar-refractivity contribution is 5.85. The van der Waals surface area contributed by atoms with Crippen LogP contribution < -0.4 is 5.73 Å². The second-order valence-corrected chi connectivity index (χ2v) is 1.73. The lowest BCUT2D eigenvalue weighted by atomic mass is 10.3. The van der Waals surface area contributed by atoms with E-state index in [1.807, 2.05) is 6.92 Å². The average molecular weight is 145 g/mol. The van der Waals surface area contributed by atoms with Crippen LogP contribution in [-0.4, -0.2) is 4.98 Å². The minimum Gasteiger partial charge on any atom is -0.398 e. The van der Waals surface area contributed by atoms with Gasteiger partial charge >= 0.3 is 0 Å². The van der Waals surface area contributed by atoms with Crippen molar-refractivity contribution in [3.63, 3.8) is 0 Å². The molecule has 0 amide bonds. The van der Waals surface area contributed by atoms with Gasteiger partial charge in [-0.25, -0.2) is 0 Å². The van der Waals surface area contributed by atoms with Gasteiger partial charge in [0, 0.05) is 18.1 Å². The summed E-state index contributed by atoms with van der Waals surface area (Å²) < 4.78 is 0. The van der Waals surface area contributed by atoms with E-state index in [-0.39, 0.29) is 12.4 Å². The summed E-state index contributed by atoms with van der Waals surface area (Å²) in [5, 5.41) is 0. The third-order valence-corrected chi connectivity index (χ3v) is 1.06. The predicted octanol–water partition coefficient (Wildman–Crippen LogP) is 1.39. The molecule has 0 saturated carbocycles. The van der Waals surface area contributed by atoms with E-state index >= 15 is 0 Å². The molecule has 9 heavy (non-hydrogen) atoms. The first-order valence-electron chi connectivity index (χ1n) is 2.47. The monoisotopic (exact) mass is 144 g/mol. The minimum atomic E-state index is 0. The summed E-state index contributed by atoms with van der Waals surface area (Å²) in [4.78, 5) is 3.87. The topological polar surface area (TPSA) is 38.9 Å². The molecule has 1 aromatic heterocycles. The number of anilines is 1. The van der Waals surface area contributed by atoms with Crippen molar-refractivity contribution in [1.29, 1.82) is 0 Å². The van der Waals surface area contributed by atoms with Crippen LogP contribution in [0.1, 0.15) is 5.56 Å². The lowest BCUT2D eigenvalue weighted by Crippen LogP contribution is -1.87. The first kappa shape index (κ1) is 8.24. The smallest absolute Gasteiger partial charge is 0.0374 e. The maximum atomic E-state index is 5.48. The van der Waals surface area contributed by atoms with Crippen LogP contribution in [0, 0.1) is 6.92 Å². The normalized spacial score (nSPS) is 8.11. The zero-order valence-corrected chi connectivity index (χ0v) is 5.98. The second kappa shape index (κ2) is 3.30. The number of hydrogen-bond donors (Lipinski definition) is 1. The van der Waals surface area contributed by atoms with Gasteiger partial charge in [-0.05, 0) is 18.6 Å².